The number of unbranched alkanes of at least 4 members (excludes halogenated alkanes) is 1. The van der Waals surface area contributed by atoms with E-state index in [9.17, 15) is 0 Å². The van der Waals surface area contributed by atoms with Crippen LogP contribution in [0.3, 0.4) is 0 Å². The third kappa shape index (κ3) is 26.0. The van der Waals surface area contributed by atoms with Gasteiger partial charge in [0.2, 0.25) is 0 Å². The van der Waals surface area contributed by atoms with Crippen LogP contribution < -0.4 is 14.5 Å². The van der Waals surface area contributed by atoms with Crippen LogP contribution >= 0.6 is 0 Å². The number of nitrogens with zero attached hydrogens (tertiary/aromatic N) is 3. The van der Waals surface area contributed by atoms with Gasteiger partial charge in [-0.3, -0.25) is 0 Å². The van der Waals surface area contributed by atoms with E-state index in [2.05, 4.69) is 227 Å². The Bertz CT molecular complexity index is 2180. The molecule has 72 heavy (non-hydrogen) atoms. The van der Waals surface area contributed by atoms with E-state index in [4.69, 9.17) is 9.47 Å². The molecule has 398 valence electrons. The van der Waals surface area contributed by atoms with Gasteiger partial charge in [0.1, 0.15) is 5.75 Å². The van der Waals surface area contributed by atoms with Gasteiger partial charge in [0.15, 0.2) is 0 Å². The number of aryl methyl sites for hydroxylation is 2. The molecule has 3 aromatic carbocycles. The molecule has 0 fully saturated rings. The highest BCUT2D eigenvalue weighted by Crippen LogP contribution is 2.35. The van der Waals surface area contributed by atoms with Crippen LogP contribution in [0.1, 0.15) is 173 Å². The Morgan fingerprint density at radius 1 is 0.819 bits per heavy atom. The predicted octanol–water partition coefficient (Wildman–Crippen LogP) is 20.6. The summed E-state index contributed by atoms with van der Waals surface area (Å²) in [5.74, 6) is 5.18. The molecule has 4 rings (SSSR count). The monoisotopic (exact) mass is 982 g/mol. The molecule has 0 aliphatic carbocycles. The van der Waals surface area contributed by atoms with Crippen LogP contribution in [-0.2, 0) is 18.2 Å². The topological polar surface area (TPSA) is 29.9 Å². The molecule has 2 atom stereocenters. The lowest BCUT2D eigenvalue weighted by Gasteiger charge is -2.26. The second kappa shape index (κ2) is 43.9. The molecule has 0 bridgehead atoms. The largest absolute Gasteiger partial charge is 0.498 e. The van der Waals surface area contributed by atoms with E-state index in [0.29, 0.717) is 18.4 Å². The molecule has 1 heterocycles. The van der Waals surface area contributed by atoms with Gasteiger partial charge in [0.05, 0.1) is 19.0 Å². The third-order valence-corrected chi connectivity index (χ3v) is 11.1. The van der Waals surface area contributed by atoms with Crippen LogP contribution in [0.4, 0.5) is 17.1 Å². The second-order valence-corrected chi connectivity index (χ2v) is 17.6. The molecule has 4 aromatic rings. The first kappa shape index (κ1) is 68.2. The van der Waals surface area contributed by atoms with E-state index in [-0.39, 0.29) is 0 Å². The molecule has 0 saturated heterocycles. The van der Waals surface area contributed by atoms with Gasteiger partial charge >= 0.3 is 0 Å². The molecule has 0 N–H and O–H groups in total. The van der Waals surface area contributed by atoms with Crippen molar-refractivity contribution in [2.75, 3.05) is 29.6 Å². The SMILES string of the molecule is C#CC.C=C/C(=C\C=C(/C)OCC(C)CCC)N(C(=C)/C=C\c1c(CC)c2cc(N(C/C=C\C)c3ccc(OCC(CC)CCCC)cc3)ccc2n1C)c1ccccc1.C=CCC.CC.CCC.CCC. The van der Waals surface area contributed by atoms with E-state index in [1.165, 1.54) is 54.3 Å². The van der Waals surface area contributed by atoms with Crippen LogP contribution in [0.15, 0.2) is 152 Å². The van der Waals surface area contributed by atoms with Gasteiger partial charge in [-0.25, -0.2) is 0 Å². The Morgan fingerprint density at radius 3 is 1.93 bits per heavy atom. The highest BCUT2D eigenvalue weighted by molar-refractivity contribution is 5.92. The van der Waals surface area contributed by atoms with Crippen LogP contribution in [0.2, 0.25) is 0 Å². The summed E-state index contributed by atoms with van der Waals surface area (Å²) in [6.45, 7) is 46.0. The molecule has 5 nitrogen and oxygen atoms in total. The lowest BCUT2D eigenvalue weighted by molar-refractivity contribution is 0.169. The van der Waals surface area contributed by atoms with Gasteiger partial charge in [-0.1, -0.05) is 171 Å². The lowest BCUT2D eigenvalue weighted by Crippen LogP contribution is -2.19. The molecule has 0 aliphatic heterocycles. The van der Waals surface area contributed by atoms with Crippen molar-refractivity contribution < 1.29 is 9.47 Å². The minimum absolute atomic E-state index is 0.522. The Labute approximate surface area is 444 Å². The maximum absolute atomic E-state index is 6.26. The first-order chi connectivity index (χ1) is 34.8. The summed E-state index contributed by atoms with van der Waals surface area (Å²) in [6.07, 6.45) is 32.7. The van der Waals surface area contributed by atoms with Crippen molar-refractivity contribution in [3.8, 4) is 18.1 Å². The van der Waals surface area contributed by atoms with Gasteiger partial charge in [-0.05, 0) is 149 Å². The van der Waals surface area contributed by atoms with Crippen LogP contribution in [0.5, 0.6) is 5.75 Å². The van der Waals surface area contributed by atoms with E-state index in [1.54, 1.807) is 6.92 Å². The molecule has 0 amide bonds. The van der Waals surface area contributed by atoms with Crippen molar-refractivity contribution >= 4 is 34.0 Å². The van der Waals surface area contributed by atoms with Crippen LogP contribution in [0.25, 0.3) is 17.0 Å². The molecule has 0 aliphatic rings. The fraction of sp³-hybridized carbons (Fsp3) is 0.463. The minimum Gasteiger partial charge on any atom is -0.498 e. The van der Waals surface area contributed by atoms with Crippen molar-refractivity contribution in [1.82, 2.24) is 4.57 Å². The number of benzene rings is 3. The maximum atomic E-state index is 6.26. The second-order valence-electron chi connectivity index (χ2n) is 17.6. The zero-order valence-electron chi connectivity index (χ0n) is 48.8. The lowest BCUT2D eigenvalue weighted by atomic mass is 10.0. The Balaban J connectivity index is 0. The smallest absolute Gasteiger partial charge is 0.119 e. The summed E-state index contributed by atoms with van der Waals surface area (Å²) in [6, 6.07) is 25.8. The number of ether oxygens (including phenoxy) is 2. The summed E-state index contributed by atoms with van der Waals surface area (Å²) in [5, 5.41) is 1.26. The van der Waals surface area contributed by atoms with Gasteiger partial charge in [-0.2, -0.15) is 0 Å². The molecular formula is C67H103N3O2. The van der Waals surface area contributed by atoms with E-state index in [0.717, 1.165) is 85.2 Å². The van der Waals surface area contributed by atoms with Crippen molar-refractivity contribution in [3.63, 3.8) is 0 Å². The summed E-state index contributed by atoms with van der Waals surface area (Å²) in [7, 11) is 2.16. The highest BCUT2D eigenvalue weighted by atomic mass is 16.5. The Kier molecular flexibility index (Phi) is 41.6. The fourth-order valence-corrected chi connectivity index (χ4v) is 7.33. The van der Waals surface area contributed by atoms with E-state index >= 15 is 0 Å². The number of para-hydroxylation sites is 1. The number of hydrogen-bond donors (Lipinski definition) is 0. The predicted molar refractivity (Wildman–Crippen MR) is 327 cm³/mol. The van der Waals surface area contributed by atoms with Gasteiger partial charge in [0, 0.05) is 58.6 Å². The zero-order valence-corrected chi connectivity index (χ0v) is 48.8. The van der Waals surface area contributed by atoms with Crippen molar-refractivity contribution in [1.29, 1.82) is 0 Å². The van der Waals surface area contributed by atoms with Crippen molar-refractivity contribution in [3.05, 3.63) is 163 Å². The standard InChI is InChI=1S/C52H69N3O2.C4H8.2C3H8.C3H4.C2H6/c1-11-17-23-43(14-4)39-57-48-32-29-45(30-33-48)54(36-18-12-2)47-31-35-52-50(37-47)49(16-6)51(53(52)10)34-26-41(8)55(46-24-20-19-21-25-46)44(15-5)28-27-42(9)56-38-40(7)22-13-3;1-3-4-2;3*1-3-2;1-2/h12,15,18-21,24-35,37,40,43H,5,8,11,13-14,16-17,22-23,36,38-39H2,1-4,6-7,9-10H3;3H,1,4H2,2H3;2*3H2,1-2H3;1H,2H3;1-2H3/b18-12-,34-26-,42-27+,44-28+;;;;;. The number of terminal acetylenes is 1. The number of anilines is 3. The number of rotatable bonds is 25. The summed E-state index contributed by atoms with van der Waals surface area (Å²) < 4.78 is 14.6. The third-order valence-electron chi connectivity index (χ3n) is 11.1. The first-order valence-corrected chi connectivity index (χ1v) is 27.4. The van der Waals surface area contributed by atoms with E-state index in [1.807, 2.05) is 45.1 Å². The van der Waals surface area contributed by atoms with Gasteiger partial charge in [0.25, 0.3) is 0 Å². The summed E-state index contributed by atoms with van der Waals surface area (Å²) in [5.41, 5.74) is 8.72. The zero-order chi connectivity index (χ0) is 54.7. The molecular weight excluding hydrogens is 879 g/mol. The fourth-order valence-electron chi connectivity index (χ4n) is 7.33. The Hall–Kier alpha value is -5.86. The normalized spacial score (nSPS) is 11.6. The molecule has 0 saturated carbocycles. The van der Waals surface area contributed by atoms with E-state index < -0.39 is 0 Å². The molecule has 2 unspecified atom stereocenters. The number of allylic oxidation sites excluding steroid dienone is 7. The number of fused-ring (bicyclic) bond motifs is 1. The van der Waals surface area contributed by atoms with Crippen LogP contribution in [-0.4, -0.2) is 24.3 Å². The van der Waals surface area contributed by atoms with Gasteiger partial charge in [-0.15, -0.1) is 18.9 Å². The molecule has 0 spiro atoms. The minimum atomic E-state index is 0.522. The summed E-state index contributed by atoms with van der Waals surface area (Å²) in [4.78, 5) is 4.51. The van der Waals surface area contributed by atoms with Crippen LogP contribution in [0, 0.1) is 24.2 Å². The highest BCUT2D eigenvalue weighted by Gasteiger charge is 2.17. The molecule has 1 aromatic heterocycles. The summed E-state index contributed by atoms with van der Waals surface area (Å²) >= 11 is 0. The average Bonchev–Trinajstić information content (AvgIpc) is 3.67. The van der Waals surface area contributed by atoms with Gasteiger partial charge < -0.3 is 23.8 Å². The number of hydrogen-bond acceptors (Lipinski definition) is 4. The molecule has 5 heteroatoms. The Morgan fingerprint density at radius 2 is 1.42 bits per heavy atom. The van der Waals surface area contributed by atoms with Crippen molar-refractivity contribution in [2.24, 2.45) is 18.9 Å². The van der Waals surface area contributed by atoms with Crippen molar-refractivity contribution in [2.45, 2.75) is 168 Å². The molecule has 0 radical (unpaired) electrons. The maximum Gasteiger partial charge on any atom is 0.119 e. The quantitative estimate of drug-likeness (QED) is 0.0286. The number of aromatic nitrogens is 1. The first-order valence-electron chi connectivity index (χ1n) is 27.4. The average molecular weight is 983 g/mol.